The molecule has 0 aliphatic heterocycles. The highest BCUT2D eigenvalue weighted by atomic mass is 31.2. The first-order valence-electron chi connectivity index (χ1n) is 5.75. The minimum absolute atomic E-state index is 0.364. The molecule has 1 atom stereocenters. The molecule has 1 aliphatic carbocycles. The molecule has 0 radical (unpaired) electrons. The van der Waals surface area contributed by atoms with E-state index in [0.717, 1.165) is 12.8 Å². The molecule has 0 aromatic carbocycles. The van der Waals surface area contributed by atoms with Crippen LogP contribution in [0.3, 0.4) is 0 Å². The lowest BCUT2D eigenvalue weighted by molar-refractivity contribution is 0.217. The zero-order chi connectivity index (χ0) is 11.1. The van der Waals surface area contributed by atoms with Gasteiger partial charge < -0.3 is 9.05 Å². The molecule has 15 heavy (non-hydrogen) atoms. The summed E-state index contributed by atoms with van der Waals surface area (Å²) in [5, 5.41) is 0. The molecular formula is C11H21O3P. The average Bonchev–Trinajstić information content (AvgIpc) is 2.19. The minimum atomic E-state index is -2.84. The van der Waals surface area contributed by atoms with Gasteiger partial charge in [-0.2, -0.15) is 0 Å². The topological polar surface area (TPSA) is 35.5 Å². The standard InChI is InChI=1S/C11H21O3P/c1-3-13-15(12,14-4-2)10-11-8-6-5-7-9-11/h6,8,11H,3-5,7,9-10H2,1-2H3. The third-order valence-corrected chi connectivity index (χ3v) is 4.68. The summed E-state index contributed by atoms with van der Waals surface area (Å²) in [5.41, 5.74) is 0. The summed E-state index contributed by atoms with van der Waals surface area (Å²) < 4.78 is 22.7. The molecule has 1 aliphatic rings. The normalized spacial score (nSPS) is 21.9. The molecule has 88 valence electrons. The Labute approximate surface area is 92.4 Å². The minimum Gasteiger partial charge on any atom is -0.309 e. The quantitative estimate of drug-likeness (QED) is 0.518. The maximum Gasteiger partial charge on any atom is 0.331 e. The summed E-state index contributed by atoms with van der Waals surface area (Å²) in [5.74, 6) is 0.364. The molecule has 1 unspecified atom stereocenters. The van der Waals surface area contributed by atoms with Gasteiger partial charge in [0.2, 0.25) is 0 Å². The van der Waals surface area contributed by atoms with Crippen molar-refractivity contribution in [1.82, 2.24) is 0 Å². The van der Waals surface area contributed by atoms with Gasteiger partial charge in [0.05, 0.1) is 19.4 Å². The second kappa shape index (κ2) is 6.47. The Morgan fingerprint density at radius 2 is 2.00 bits per heavy atom. The van der Waals surface area contributed by atoms with E-state index in [1.807, 2.05) is 13.8 Å². The van der Waals surface area contributed by atoms with Gasteiger partial charge in [-0.15, -0.1) is 0 Å². The largest absolute Gasteiger partial charge is 0.331 e. The fourth-order valence-electron chi connectivity index (χ4n) is 1.86. The van der Waals surface area contributed by atoms with Crippen LogP contribution in [0, 0.1) is 5.92 Å². The number of hydrogen-bond acceptors (Lipinski definition) is 3. The molecule has 0 heterocycles. The van der Waals surface area contributed by atoms with E-state index < -0.39 is 7.60 Å². The third kappa shape index (κ3) is 4.50. The molecule has 3 nitrogen and oxygen atoms in total. The summed E-state index contributed by atoms with van der Waals surface area (Å²) in [6.45, 7) is 4.60. The van der Waals surface area contributed by atoms with E-state index in [0.29, 0.717) is 25.3 Å². The average molecular weight is 232 g/mol. The predicted octanol–water partition coefficient (Wildman–Crippen LogP) is 3.61. The zero-order valence-electron chi connectivity index (χ0n) is 9.65. The second-order valence-corrected chi connectivity index (χ2v) is 5.85. The van der Waals surface area contributed by atoms with Gasteiger partial charge in [0, 0.05) is 0 Å². The van der Waals surface area contributed by atoms with Crippen molar-refractivity contribution >= 4 is 7.60 Å². The summed E-state index contributed by atoms with van der Waals surface area (Å²) in [4.78, 5) is 0. The molecule has 0 bridgehead atoms. The van der Waals surface area contributed by atoms with E-state index in [4.69, 9.17) is 9.05 Å². The summed E-state index contributed by atoms with van der Waals surface area (Å²) in [7, 11) is -2.84. The molecule has 0 spiro atoms. The first-order valence-corrected chi connectivity index (χ1v) is 7.47. The van der Waals surface area contributed by atoms with Crippen LogP contribution in [-0.2, 0) is 13.6 Å². The summed E-state index contributed by atoms with van der Waals surface area (Å²) in [6, 6.07) is 0. The molecule has 0 amide bonds. The Morgan fingerprint density at radius 3 is 2.47 bits per heavy atom. The Bertz CT molecular complexity index is 240. The van der Waals surface area contributed by atoms with Gasteiger partial charge in [0.1, 0.15) is 0 Å². The van der Waals surface area contributed by atoms with Gasteiger partial charge in [-0.05, 0) is 39.0 Å². The number of hydrogen-bond donors (Lipinski definition) is 0. The van der Waals surface area contributed by atoms with Crippen molar-refractivity contribution in [1.29, 1.82) is 0 Å². The SMILES string of the molecule is CCOP(=O)(CC1C=CCCC1)OCC. The zero-order valence-corrected chi connectivity index (χ0v) is 10.5. The first kappa shape index (κ1) is 13.0. The fraction of sp³-hybridized carbons (Fsp3) is 0.818. The highest BCUT2D eigenvalue weighted by Crippen LogP contribution is 2.50. The lowest BCUT2D eigenvalue weighted by Crippen LogP contribution is -2.10. The van der Waals surface area contributed by atoms with E-state index >= 15 is 0 Å². The highest BCUT2D eigenvalue weighted by Gasteiger charge is 2.27. The second-order valence-electron chi connectivity index (χ2n) is 3.75. The summed E-state index contributed by atoms with van der Waals surface area (Å²) >= 11 is 0. The van der Waals surface area contributed by atoms with Gasteiger partial charge in [0.15, 0.2) is 0 Å². The Balaban J connectivity index is 2.52. The maximum atomic E-state index is 12.2. The molecular weight excluding hydrogens is 211 g/mol. The van der Waals surface area contributed by atoms with Crippen LogP contribution >= 0.6 is 7.60 Å². The fourth-order valence-corrected chi connectivity index (χ4v) is 3.81. The Morgan fingerprint density at radius 1 is 1.33 bits per heavy atom. The van der Waals surface area contributed by atoms with Gasteiger partial charge in [-0.25, -0.2) is 0 Å². The molecule has 0 N–H and O–H groups in total. The van der Waals surface area contributed by atoms with E-state index in [9.17, 15) is 4.57 Å². The van der Waals surface area contributed by atoms with Crippen LogP contribution in [0.25, 0.3) is 0 Å². The smallest absolute Gasteiger partial charge is 0.309 e. The van der Waals surface area contributed by atoms with Crippen LogP contribution in [0.2, 0.25) is 0 Å². The lowest BCUT2D eigenvalue weighted by atomic mass is 9.98. The Hall–Kier alpha value is -0.110. The van der Waals surface area contributed by atoms with Crippen molar-refractivity contribution in [3.05, 3.63) is 12.2 Å². The van der Waals surface area contributed by atoms with Gasteiger partial charge in [-0.3, -0.25) is 4.57 Å². The molecule has 0 saturated heterocycles. The van der Waals surface area contributed by atoms with E-state index in [1.165, 1.54) is 6.42 Å². The van der Waals surface area contributed by atoms with Crippen molar-refractivity contribution < 1.29 is 13.6 Å². The number of rotatable bonds is 6. The number of allylic oxidation sites excluding steroid dienone is 2. The van der Waals surface area contributed by atoms with Crippen molar-refractivity contribution in [3.63, 3.8) is 0 Å². The van der Waals surface area contributed by atoms with Crippen LogP contribution in [0.5, 0.6) is 0 Å². The van der Waals surface area contributed by atoms with E-state index in [-0.39, 0.29) is 0 Å². The van der Waals surface area contributed by atoms with E-state index in [1.54, 1.807) is 0 Å². The van der Waals surface area contributed by atoms with Crippen LogP contribution < -0.4 is 0 Å². The van der Waals surface area contributed by atoms with E-state index in [2.05, 4.69) is 12.2 Å². The molecule has 0 aromatic heterocycles. The van der Waals surface area contributed by atoms with Gasteiger partial charge in [0.25, 0.3) is 0 Å². The molecule has 0 saturated carbocycles. The molecule has 0 fully saturated rings. The van der Waals surface area contributed by atoms with Crippen molar-refractivity contribution in [3.8, 4) is 0 Å². The Kier molecular flexibility index (Phi) is 5.59. The lowest BCUT2D eigenvalue weighted by Gasteiger charge is -2.22. The van der Waals surface area contributed by atoms with Crippen LogP contribution in [0.4, 0.5) is 0 Å². The van der Waals surface area contributed by atoms with Crippen molar-refractivity contribution in [2.24, 2.45) is 5.92 Å². The first-order chi connectivity index (χ1) is 7.20. The van der Waals surface area contributed by atoms with Crippen LogP contribution in [0.15, 0.2) is 12.2 Å². The van der Waals surface area contributed by atoms with Crippen molar-refractivity contribution in [2.45, 2.75) is 33.1 Å². The van der Waals surface area contributed by atoms with Crippen molar-refractivity contribution in [2.75, 3.05) is 19.4 Å². The molecule has 0 aromatic rings. The van der Waals surface area contributed by atoms with Gasteiger partial charge in [-0.1, -0.05) is 12.2 Å². The summed E-state index contributed by atoms with van der Waals surface area (Å²) in [6.07, 6.45) is 8.26. The third-order valence-electron chi connectivity index (χ3n) is 2.46. The van der Waals surface area contributed by atoms with Gasteiger partial charge >= 0.3 is 7.60 Å². The van der Waals surface area contributed by atoms with Crippen LogP contribution in [0.1, 0.15) is 33.1 Å². The molecule has 1 rings (SSSR count). The highest BCUT2D eigenvalue weighted by molar-refractivity contribution is 7.53. The predicted molar refractivity (Wildman–Crippen MR) is 62.2 cm³/mol. The monoisotopic (exact) mass is 232 g/mol. The van der Waals surface area contributed by atoms with Crippen LogP contribution in [-0.4, -0.2) is 19.4 Å². The molecule has 4 heteroatoms. The maximum absolute atomic E-state index is 12.2.